The van der Waals surface area contributed by atoms with Crippen LogP contribution in [0.25, 0.3) is 22.3 Å². The van der Waals surface area contributed by atoms with E-state index < -0.39 is 41.8 Å². The van der Waals surface area contributed by atoms with Gasteiger partial charge in [-0.05, 0) is 90.5 Å². The lowest BCUT2D eigenvalue weighted by Crippen LogP contribution is -2.29. The van der Waals surface area contributed by atoms with Crippen LogP contribution in [-0.2, 0) is 17.3 Å². The molecule has 4 aromatic rings. The van der Waals surface area contributed by atoms with Gasteiger partial charge in [0.05, 0.1) is 11.7 Å². The molecule has 0 N–H and O–H groups in total. The Morgan fingerprint density at radius 2 is 1.26 bits per heavy atom. The fourth-order valence-corrected chi connectivity index (χ4v) is 6.04. The molecule has 4 aromatic carbocycles. The van der Waals surface area contributed by atoms with Crippen molar-refractivity contribution in [2.75, 3.05) is 0 Å². The number of aryl methyl sites for hydroxylation is 1. The van der Waals surface area contributed by atoms with Gasteiger partial charge in [-0.15, -0.1) is 13.2 Å². The van der Waals surface area contributed by atoms with E-state index in [4.69, 9.17) is 4.74 Å². The third-order valence-corrected chi connectivity index (χ3v) is 8.56. The molecule has 1 aliphatic rings. The summed E-state index contributed by atoms with van der Waals surface area (Å²) >= 11 is 0. The van der Waals surface area contributed by atoms with E-state index in [1.54, 1.807) is 24.3 Å². The molecular formula is C37H34F8O2. The molecule has 10 heteroatoms. The zero-order valence-corrected chi connectivity index (χ0v) is 25.7. The van der Waals surface area contributed by atoms with Crippen LogP contribution in [0.3, 0.4) is 0 Å². The smallest absolute Gasteiger partial charge is 0.399 e. The first-order valence-electron chi connectivity index (χ1n) is 15.6. The van der Waals surface area contributed by atoms with Crippen LogP contribution in [0, 0.1) is 17.5 Å². The summed E-state index contributed by atoms with van der Waals surface area (Å²) in [5.41, 5.74) is 2.55. The van der Waals surface area contributed by atoms with E-state index in [-0.39, 0.29) is 22.6 Å². The predicted octanol–water partition coefficient (Wildman–Crippen LogP) is 11.9. The van der Waals surface area contributed by atoms with Crippen LogP contribution in [-0.4, -0.2) is 12.5 Å². The maximum absolute atomic E-state index is 15.0. The van der Waals surface area contributed by atoms with Crippen LogP contribution in [0.1, 0.15) is 74.5 Å². The van der Waals surface area contributed by atoms with Gasteiger partial charge in [0.2, 0.25) is 5.75 Å². The van der Waals surface area contributed by atoms with Gasteiger partial charge in [-0.25, -0.2) is 13.2 Å². The second-order valence-corrected chi connectivity index (χ2v) is 11.9. The molecular weight excluding hydrogens is 628 g/mol. The van der Waals surface area contributed by atoms with Gasteiger partial charge in [0.25, 0.3) is 0 Å². The van der Waals surface area contributed by atoms with Gasteiger partial charge in [0.1, 0.15) is 5.82 Å². The van der Waals surface area contributed by atoms with Crippen molar-refractivity contribution < 1.29 is 44.6 Å². The molecule has 5 rings (SSSR count). The Hall–Kier alpha value is -3.92. The number of hydrogen-bond acceptors (Lipinski definition) is 2. The minimum Gasteiger partial charge on any atom is -0.399 e. The molecule has 1 saturated carbocycles. The number of ether oxygens (including phenoxy) is 2. The van der Waals surface area contributed by atoms with Crippen molar-refractivity contribution in [2.45, 2.75) is 82.8 Å². The summed E-state index contributed by atoms with van der Waals surface area (Å²) in [6.07, 6.45) is -2.85. The van der Waals surface area contributed by atoms with Crippen LogP contribution >= 0.6 is 0 Å². The molecule has 0 radical (unpaired) electrons. The summed E-state index contributed by atoms with van der Waals surface area (Å²) in [5.74, 6) is -5.53. The van der Waals surface area contributed by atoms with Gasteiger partial charge < -0.3 is 9.47 Å². The van der Waals surface area contributed by atoms with Crippen LogP contribution in [0.2, 0.25) is 0 Å². The Balaban J connectivity index is 1.18. The lowest BCUT2D eigenvalue weighted by Gasteiger charge is -2.31. The summed E-state index contributed by atoms with van der Waals surface area (Å²) in [5, 5.41) is 0. The van der Waals surface area contributed by atoms with Crippen molar-refractivity contribution in [1.82, 2.24) is 0 Å². The number of alkyl halides is 5. The maximum Gasteiger partial charge on any atom is 0.573 e. The number of unbranched alkanes of at least 4 members (excludes halogenated alkanes) is 2. The second kappa shape index (κ2) is 14.5. The van der Waals surface area contributed by atoms with E-state index in [9.17, 15) is 30.7 Å². The summed E-state index contributed by atoms with van der Waals surface area (Å²) in [4.78, 5) is 0. The van der Waals surface area contributed by atoms with Crippen LogP contribution < -0.4 is 4.74 Å². The second-order valence-electron chi connectivity index (χ2n) is 11.9. The number of hydrogen-bond donors (Lipinski definition) is 0. The number of halogens is 8. The van der Waals surface area contributed by atoms with Crippen molar-refractivity contribution >= 4 is 0 Å². The van der Waals surface area contributed by atoms with Crippen LogP contribution in [0.4, 0.5) is 35.1 Å². The van der Waals surface area contributed by atoms with Gasteiger partial charge in [0.15, 0.2) is 11.6 Å². The predicted molar refractivity (Wildman–Crippen MR) is 164 cm³/mol. The fourth-order valence-electron chi connectivity index (χ4n) is 6.04. The zero-order chi connectivity index (χ0) is 33.8. The molecule has 0 spiro atoms. The molecule has 47 heavy (non-hydrogen) atoms. The fraction of sp³-hybridized carbons (Fsp3) is 0.351. The molecule has 0 unspecified atom stereocenters. The van der Waals surface area contributed by atoms with E-state index >= 15 is 4.39 Å². The van der Waals surface area contributed by atoms with Crippen LogP contribution in [0.15, 0.2) is 78.9 Å². The Kier molecular flexibility index (Phi) is 10.6. The van der Waals surface area contributed by atoms with E-state index in [1.165, 1.54) is 30.3 Å². The molecule has 0 aromatic heterocycles. The highest BCUT2D eigenvalue weighted by molar-refractivity contribution is 5.71. The molecule has 250 valence electrons. The lowest BCUT2D eigenvalue weighted by atomic mass is 9.82. The van der Waals surface area contributed by atoms with Crippen LogP contribution in [0.5, 0.6) is 5.75 Å². The average Bonchev–Trinajstić information content (AvgIpc) is 3.03. The molecule has 2 nitrogen and oxygen atoms in total. The van der Waals surface area contributed by atoms with E-state index in [0.717, 1.165) is 36.8 Å². The SMILES string of the molecule is CCCCCc1ccc(C(F)(F)OC2CCC(c3ccc(-c4ccc(-c5cc(F)c(OC(F)(F)F)c(F)c5)c(F)c4)cc3)CC2)cc1. The van der Waals surface area contributed by atoms with E-state index in [2.05, 4.69) is 11.7 Å². The molecule has 1 fully saturated rings. The van der Waals surface area contributed by atoms with Gasteiger partial charge in [0, 0.05) is 5.56 Å². The van der Waals surface area contributed by atoms with Gasteiger partial charge in [-0.1, -0.05) is 80.4 Å². The Labute approximate surface area is 268 Å². The topological polar surface area (TPSA) is 18.5 Å². The summed E-state index contributed by atoms with van der Waals surface area (Å²) in [6.45, 7) is 2.12. The monoisotopic (exact) mass is 662 g/mol. The van der Waals surface area contributed by atoms with Gasteiger partial charge >= 0.3 is 12.5 Å². The molecule has 0 bridgehead atoms. The molecule has 0 saturated heterocycles. The molecule has 0 amide bonds. The van der Waals surface area contributed by atoms with E-state index in [0.29, 0.717) is 48.9 Å². The average molecular weight is 663 g/mol. The van der Waals surface area contributed by atoms with Crippen molar-refractivity contribution in [3.8, 4) is 28.0 Å². The first kappa shape index (κ1) is 34.4. The number of benzene rings is 4. The quantitative estimate of drug-likeness (QED) is 0.118. The Morgan fingerprint density at radius 1 is 0.660 bits per heavy atom. The molecule has 0 aliphatic heterocycles. The molecule has 0 heterocycles. The van der Waals surface area contributed by atoms with Gasteiger partial charge in [-0.2, -0.15) is 8.78 Å². The third kappa shape index (κ3) is 8.71. The summed E-state index contributed by atoms with van der Waals surface area (Å²) in [7, 11) is 0. The molecule has 1 aliphatic carbocycles. The summed E-state index contributed by atoms with van der Waals surface area (Å²) in [6, 6.07) is 18.9. The number of rotatable bonds is 11. The van der Waals surface area contributed by atoms with Crippen molar-refractivity contribution in [3.05, 3.63) is 113 Å². The Morgan fingerprint density at radius 3 is 1.83 bits per heavy atom. The zero-order valence-electron chi connectivity index (χ0n) is 25.7. The molecule has 0 atom stereocenters. The minimum absolute atomic E-state index is 0.146. The highest BCUT2D eigenvalue weighted by atomic mass is 19.4. The third-order valence-electron chi connectivity index (χ3n) is 8.56. The maximum atomic E-state index is 15.0. The van der Waals surface area contributed by atoms with Crippen molar-refractivity contribution in [2.24, 2.45) is 0 Å². The Bertz CT molecular complexity index is 1620. The minimum atomic E-state index is -5.29. The first-order chi connectivity index (χ1) is 22.3. The first-order valence-corrected chi connectivity index (χ1v) is 15.6. The largest absolute Gasteiger partial charge is 0.573 e. The summed E-state index contributed by atoms with van der Waals surface area (Å²) < 4.78 is 119. The highest BCUT2D eigenvalue weighted by Crippen LogP contribution is 2.40. The van der Waals surface area contributed by atoms with Gasteiger partial charge in [-0.3, -0.25) is 0 Å². The standard InChI is InChI=1S/C37H34F8O2/c1-2-3-4-5-23-6-15-29(16-7-23)36(41,42)46-30-17-12-25(13-18-30)24-8-10-26(11-9-24)27-14-19-31(32(38)20-27)28-21-33(39)35(34(40)22-28)47-37(43,44)45/h6-11,14-16,19-22,25,30H,2-5,12-13,17-18H2,1H3. The van der Waals surface area contributed by atoms with E-state index in [1.807, 2.05) is 12.1 Å². The van der Waals surface area contributed by atoms with Crippen molar-refractivity contribution in [3.63, 3.8) is 0 Å². The lowest BCUT2D eigenvalue weighted by molar-refractivity contribution is -0.277. The highest BCUT2D eigenvalue weighted by Gasteiger charge is 2.38. The normalized spacial score (nSPS) is 17.1. The van der Waals surface area contributed by atoms with Crippen molar-refractivity contribution in [1.29, 1.82) is 0 Å².